The van der Waals surface area contributed by atoms with Gasteiger partial charge in [0.1, 0.15) is 5.75 Å². The van der Waals surface area contributed by atoms with Crippen molar-refractivity contribution < 1.29 is 4.74 Å². The highest BCUT2D eigenvalue weighted by molar-refractivity contribution is 5.80. The molecular formula is C31H48O. The molecule has 0 bridgehead atoms. The summed E-state index contributed by atoms with van der Waals surface area (Å²) in [4.78, 5) is 0. The van der Waals surface area contributed by atoms with Crippen LogP contribution in [0.2, 0.25) is 0 Å². The number of para-hydroxylation sites is 1. The van der Waals surface area contributed by atoms with Gasteiger partial charge in [0.05, 0.1) is 6.10 Å². The van der Waals surface area contributed by atoms with E-state index in [1.807, 2.05) is 32.0 Å². The van der Waals surface area contributed by atoms with E-state index in [1.54, 1.807) is 0 Å². The molecule has 0 aliphatic carbocycles. The monoisotopic (exact) mass is 436 g/mol. The number of benzene rings is 2. The zero-order chi connectivity index (χ0) is 24.4. The van der Waals surface area contributed by atoms with E-state index in [9.17, 15) is 0 Å². The number of allylic oxidation sites excluding steroid dienone is 4. The predicted octanol–water partition coefficient (Wildman–Crippen LogP) is 10.1. The van der Waals surface area contributed by atoms with Crippen LogP contribution in [-0.2, 0) is 0 Å². The molecule has 0 saturated heterocycles. The standard InChI is InChI=1S/C17H24.C12H18O.C2H6/c1-5-10-15(11-6-2)16(7-3)17-13-9-8-12-14(17)4;1-4-11(5-2)13-12-9-7-6-8-10(12)3;1-2/h7-10,12-13H,5-6,11H2,1-4H3;6-9,11H,4-5H2,1-3H3;1-2H3/b15-10+,16-7-;;. The fourth-order valence-electron chi connectivity index (χ4n) is 3.57. The van der Waals surface area contributed by atoms with E-state index in [0.29, 0.717) is 6.10 Å². The second-order valence-corrected chi connectivity index (χ2v) is 7.73. The molecule has 32 heavy (non-hydrogen) atoms. The van der Waals surface area contributed by atoms with Crippen molar-refractivity contribution in [2.45, 2.75) is 101 Å². The van der Waals surface area contributed by atoms with Gasteiger partial charge in [-0.1, -0.05) is 103 Å². The van der Waals surface area contributed by atoms with Gasteiger partial charge in [-0.15, -0.1) is 0 Å². The Morgan fingerprint density at radius 2 is 1.41 bits per heavy atom. The minimum atomic E-state index is 0.362. The van der Waals surface area contributed by atoms with Crippen LogP contribution >= 0.6 is 0 Å². The van der Waals surface area contributed by atoms with E-state index in [-0.39, 0.29) is 0 Å². The Hall–Kier alpha value is -2.28. The van der Waals surface area contributed by atoms with Crippen molar-refractivity contribution in [1.82, 2.24) is 0 Å². The molecule has 2 aromatic carbocycles. The molecule has 0 heterocycles. The molecule has 1 heteroatoms. The summed E-state index contributed by atoms with van der Waals surface area (Å²) < 4.78 is 5.84. The third-order valence-electron chi connectivity index (χ3n) is 5.34. The molecule has 178 valence electrons. The van der Waals surface area contributed by atoms with Crippen LogP contribution in [0.1, 0.15) is 97.3 Å². The number of hydrogen-bond donors (Lipinski definition) is 0. The molecule has 0 amide bonds. The van der Waals surface area contributed by atoms with Crippen LogP contribution < -0.4 is 4.74 Å². The smallest absolute Gasteiger partial charge is 0.122 e. The van der Waals surface area contributed by atoms with Crippen molar-refractivity contribution in [2.24, 2.45) is 0 Å². The summed E-state index contributed by atoms with van der Waals surface area (Å²) >= 11 is 0. The molecule has 0 N–H and O–H groups in total. The van der Waals surface area contributed by atoms with Crippen LogP contribution in [0.4, 0.5) is 0 Å². The van der Waals surface area contributed by atoms with Gasteiger partial charge in [-0.2, -0.15) is 0 Å². The molecule has 0 saturated carbocycles. The molecule has 0 aliphatic heterocycles. The maximum absolute atomic E-state index is 5.84. The molecular weight excluding hydrogens is 388 g/mol. The fourth-order valence-corrected chi connectivity index (χ4v) is 3.57. The quantitative estimate of drug-likeness (QED) is 0.355. The fraction of sp³-hybridized carbons (Fsp3) is 0.484. The van der Waals surface area contributed by atoms with Gasteiger partial charge < -0.3 is 4.74 Å². The van der Waals surface area contributed by atoms with E-state index in [4.69, 9.17) is 4.74 Å². The Balaban J connectivity index is 0.000000574. The van der Waals surface area contributed by atoms with Crippen LogP contribution in [0, 0.1) is 13.8 Å². The van der Waals surface area contributed by atoms with Crippen LogP contribution in [0.3, 0.4) is 0 Å². The molecule has 0 atom stereocenters. The third kappa shape index (κ3) is 10.4. The van der Waals surface area contributed by atoms with Gasteiger partial charge in [-0.25, -0.2) is 0 Å². The van der Waals surface area contributed by atoms with E-state index in [1.165, 1.54) is 40.7 Å². The first-order chi connectivity index (χ1) is 15.5. The molecule has 2 rings (SSSR count). The van der Waals surface area contributed by atoms with Crippen molar-refractivity contribution in [3.63, 3.8) is 0 Å². The number of rotatable bonds is 9. The Bertz CT molecular complexity index is 794. The summed E-state index contributed by atoms with van der Waals surface area (Å²) in [6.45, 7) is 19.2. The average Bonchev–Trinajstić information content (AvgIpc) is 2.82. The lowest BCUT2D eigenvalue weighted by Crippen LogP contribution is -2.14. The molecule has 1 nitrogen and oxygen atoms in total. The van der Waals surface area contributed by atoms with Crippen molar-refractivity contribution in [3.8, 4) is 5.75 Å². The van der Waals surface area contributed by atoms with Crippen LogP contribution in [0.25, 0.3) is 5.57 Å². The van der Waals surface area contributed by atoms with Crippen molar-refractivity contribution >= 4 is 5.57 Å². The molecule has 0 aliphatic rings. The largest absolute Gasteiger partial charge is 0.490 e. The Morgan fingerprint density at radius 1 is 0.844 bits per heavy atom. The lowest BCUT2D eigenvalue weighted by Gasteiger charge is -2.16. The molecule has 0 unspecified atom stereocenters. The Morgan fingerprint density at radius 3 is 1.88 bits per heavy atom. The number of aryl methyl sites for hydroxylation is 2. The molecule has 0 spiro atoms. The first-order valence-electron chi connectivity index (χ1n) is 12.7. The van der Waals surface area contributed by atoms with Crippen molar-refractivity contribution in [3.05, 3.63) is 82.9 Å². The summed E-state index contributed by atoms with van der Waals surface area (Å²) in [5, 5.41) is 0. The predicted molar refractivity (Wildman–Crippen MR) is 146 cm³/mol. The lowest BCUT2D eigenvalue weighted by atomic mass is 9.91. The maximum Gasteiger partial charge on any atom is 0.122 e. The van der Waals surface area contributed by atoms with Gasteiger partial charge in [0, 0.05) is 0 Å². The highest BCUT2D eigenvalue weighted by Crippen LogP contribution is 2.29. The second-order valence-electron chi connectivity index (χ2n) is 7.73. The average molecular weight is 437 g/mol. The number of hydrogen-bond acceptors (Lipinski definition) is 1. The Kier molecular flexibility index (Phi) is 17.0. The SMILES string of the molecule is C/C=C(/C(=C/CC)CCC)c1ccccc1C.CC.CCC(CC)Oc1ccccc1C. The minimum absolute atomic E-state index is 0.362. The summed E-state index contributed by atoms with van der Waals surface area (Å²) in [7, 11) is 0. The summed E-state index contributed by atoms with van der Waals surface area (Å²) in [5.74, 6) is 1.02. The molecule has 2 aromatic rings. The summed E-state index contributed by atoms with van der Waals surface area (Å²) in [5.41, 5.74) is 6.86. The van der Waals surface area contributed by atoms with E-state index >= 15 is 0 Å². The number of ether oxygens (including phenoxy) is 1. The maximum atomic E-state index is 5.84. The zero-order valence-electron chi connectivity index (χ0n) is 22.3. The topological polar surface area (TPSA) is 9.23 Å². The van der Waals surface area contributed by atoms with Crippen molar-refractivity contribution in [2.75, 3.05) is 0 Å². The summed E-state index contributed by atoms with van der Waals surface area (Å²) in [6, 6.07) is 16.8. The van der Waals surface area contributed by atoms with Gasteiger partial charge in [0.2, 0.25) is 0 Å². The van der Waals surface area contributed by atoms with Crippen LogP contribution in [-0.4, -0.2) is 6.10 Å². The van der Waals surface area contributed by atoms with Crippen LogP contribution in [0.15, 0.2) is 66.3 Å². The first-order valence-corrected chi connectivity index (χ1v) is 12.7. The van der Waals surface area contributed by atoms with E-state index in [2.05, 4.69) is 91.0 Å². The van der Waals surface area contributed by atoms with Crippen LogP contribution in [0.5, 0.6) is 5.75 Å². The van der Waals surface area contributed by atoms with Gasteiger partial charge in [-0.05, 0) is 80.4 Å². The molecule has 0 fully saturated rings. The van der Waals surface area contributed by atoms with Gasteiger partial charge in [0.15, 0.2) is 0 Å². The Labute approximate surface area is 199 Å². The lowest BCUT2D eigenvalue weighted by molar-refractivity contribution is 0.191. The zero-order valence-corrected chi connectivity index (χ0v) is 22.3. The van der Waals surface area contributed by atoms with E-state index < -0.39 is 0 Å². The van der Waals surface area contributed by atoms with Gasteiger partial charge in [0.25, 0.3) is 0 Å². The third-order valence-corrected chi connectivity index (χ3v) is 5.34. The van der Waals surface area contributed by atoms with Crippen molar-refractivity contribution in [1.29, 1.82) is 0 Å². The highest BCUT2D eigenvalue weighted by Gasteiger charge is 2.08. The molecule has 0 radical (unpaired) electrons. The minimum Gasteiger partial charge on any atom is -0.490 e. The highest BCUT2D eigenvalue weighted by atomic mass is 16.5. The second kappa shape index (κ2) is 18.3. The van der Waals surface area contributed by atoms with Gasteiger partial charge in [-0.3, -0.25) is 0 Å². The summed E-state index contributed by atoms with van der Waals surface area (Å²) in [6.07, 6.45) is 10.6. The normalized spacial score (nSPS) is 11.3. The first kappa shape index (κ1) is 29.7. The van der Waals surface area contributed by atoms with Gasteiger partial charge >= 0.3 is 0 Å². The van der Waals surface area contributed by atoms with E-state index in [0.717, 1.165) is 25.0 Å². The molecule has 0 aromatic heterocycles.